The number of rotatable bonds is 7. The molecule has 0 spiro atoms. The lowest BCUT2D eigenvalue weighted by molar-refractivity contribution is -0.149. The van der Waals surface area contributed by atoms with Crippen molar-refractivity contribution in [1.29, 1.82) is 0 Å². The molecule has 0 amide bonds. The number of Topliss-reactive ketones (excluding diaryl/α,β-unsaturated/α-hetero) is 1. The molecule has 4 heteroatoms. The van der Waals surface area contributed by atoms with Gasteiger partial charge in [-0.2, -0.15) is 0 Å². The summed E-state index contributed by atoms with van der Waals surface area (Å²) in [4.78, 5) is 22.3. The van der Waals surface area contributed by atoms with E-state index in [4.69, 9.17) is 5.11 Å². The predicted octanol–water partition coefficient (Wildman–Crippen LogP) is 1.20. The van der Waals surface area contributed by atoms with Gasteiger partial charge in [-0.1, -0.05) is 20.3 Å². The third-order valence-electron chi connectivity index (χ3n) is 2.45. The van der Waals surface area contributed by atoms with Gasteiger partial charge in [0.2, 0.25) is 0 Å². The van der Waals surface area contributed by atoms with E-state index in [0.717, 1.165) is 12.8 Å². The Labute approximate surface area is 84.7 Å². The molecular formula is C10H19NO3. The molecule has 1 atom stereocenters. The summed E-state index contributed by atoms with van der Waals surface area (Å²) in [6.07, 6.45) is 2.13. The van der Waals surface area contributed by atoms with Gasteiger partial charge in [0.05, 0.1) is 0 Å². The molecule has 0 saturated heterocycles. The number of carbonyl (C=O) groups is 2. The summed E-state index contributed by atoms with van der Waals surface area (Å²) >= 11 is 0. The molecule has 0 aromatic heterocycles. The minimum Gasteiger partial charge on any atom is -0.480 e. The Bertz CT molecular complexity index is 199. The van der Waals surface area contributed by atoms with Crippen molar-refractivity contribution < 1.29 is 14.7 Å². The van der Waals surface area contributed by atoms with Crippen LogP contribution in [0.4, 0.5) is 0 Å². The monoisotopic (exact) mass is 201 g/mol. The quantitative estimate of drug-likeness (QED) is 0.480. The minimum atomic E-state index is -1.38. The Morgan fingerprint density at radius 2 is 1.93 bits per heavy atom. The summed E-state index contributed by atoms with van der Waals surface area (Å²) in [5.41, 5.74) is -1.38. The van der Waals surface area contributed by atoms with Gasteiger partial charge in [0.25, 0.3) is 0 Å². The lowest BCUT2D eigenvalue weighted by atomic mass is 9.91. The molecule has 0 aliphatic carbocycles. The van der Waals surface area contributed by atoms with E-state index in [1.165, 1.54) is 6.92 Å². The summed E-state index contributed by atoms with van der Waals surface area (Å²) in [6, 6.07) is 0. The summed E-state index contributed by atoms with van der Waals surface area (Å²) in [5, 5.41) is 11.8. The third-order valence-corrected chi connectivity index (χ3v) is 2.45. The van der Waals surface area contributed by atoms with E-state index in [1.807, 2.05) is 6.92 Å². The summed E-state index contributed by atoms with van der Waals surface area (Å²) in [5.74, 6) is -1.41. The highest BCUT2D eigenvalue weighted by Gasteiger charge is 2.40. The van der Waals surface area contributed by atoms with Gasteiger partial charge >= 0.3 is 5.97 Å². The molecule has 14 heavy (non-hydrogen) atoms. The van der Waals surface area contributed by atoms with Crippen LogP contribution in [-0.4, -0.2) is 28.9 Å². The van der Waals surface area contributed by atoms with Gasteiger partial charge in [0.1, 0.15) is 0 Å². The topological polar surface area (TPSA) is 66.4 Å². The molecule has 0 saturated carbocycles. The van der Waals surface area contributed by atoms with Gasteiger partial charge in [-0.3, -0.25) is 10.1 Å². The molecule has 0 radical (unpaired) electrons. The second-order valence-corrected chi connectivity index (χ2v) is 3.40. The molecule has 0 aliphatic heterocycles. The number of carboxylic acids is 1. The average molecular weight is 201 g/mol. The molecule has 0 rings (SSSR count). The van der Waals surface area contributed by atoms with Crippen LogP contribution in [0, 0.1) is 0 Å². The van der Waals surface area contributed by atoms with E-state index < -0.39 is 11.5 Å². The van der Waals surface area contributed by atoms with Gasteiger partial charge in [0.15, 0.2) is 11.3 Å². The number of hydrogen-bond donors (Lipinski definition) is 2. The molecular weight excluding hydrogens is 182 g/mol. The molecule has 0 aliphatic rings. The fourth-order valence-electron chi connectivity index (χ4n) is 1.35. The van der Waals surface area contributed by atoms with Crippen LogP contribution in [0.1, 0.15) is 40.0 Å². The van der Waals surface area contributed by atoms with Gasteiger partial charge < -0.3 is 5.11 Å². The fraction of sp³-hybridized carbons (Fsp3) is 0.800. The van der Waals surface area contributed by atoms with Gasteiger partial charge in [-0.05, 0) is 26.3 Å². The zero-order chi connectivity index (χ0) is 11.2. The maximum atomic E-state index is 11.3. The second kappa shape index (κ2) is 5.75. The van der Waals surface area contributed by atoms with E-state index >= 15 is 0 Å². The number of ketones is 1. The predicted molar refractivity (Wildman–Crippen MR) is 54.2 cm³/mol. The first-order chi connectivity index (χ1) is 6.51. The molecule has 2 N–H and O–H groups in total. The highest BCUT2D eigenvalue weighted by molar-refractivity contribution is 6.06. The van der Waals surface area contributed by atoms with Gasteiger partial charge in [-0.25, -0.2) is 4.79 Å². The summed E-state index contributed by atoms with van der Waals surface area (Å²) < 4.78 is 0. The van der Waals surface area contributed by atoms with E-state index in [2.05, 4.69) is 5.32 Å². The molecule has 0 bridgehead atoms. The third kappa shape index (κ3) is 2.80. The number of unbranched alkanes of at least 4 members (excludes halogenated alkanes) is 1. The van der Waals surface area contributed by atoms with Crippen molar-refractivity contribution in [2.45, 2.75) is 45.6 Å². The highest BCUT2D eigenvalue weighted by Crippen LogP contribution is 2.12. The largest absolute Gasteiger partial charge is 0.480 e. The SMILES string of the molecule is CCCCNC(CC)(C(C)=O)C(=O)O. The Morgan fingerprint density at radius 1 is 1.36 bits per heavy atom. The first kappa shape index (κ1) is 13.1. The first-order valence-corrected chi connectivity index (χ1v) is 5.00. The number of aliphatic carboxylic acids is 1. The van der Waals surface area contributed by atoms with Crippen LogP contribution in [0.2, 0.25) is 0 Å². The number of carbonyl (C=O) groups excluding carboxylic acids is 1. The van der Waals surface area contributed by atoms with Crippen molar-refractivity contribution in [3.8, 4) is 0 Å². The van der Waals surface area contributed by atoms with Gasteiger partial charge in [0, 0.05) is 0 Å². The van der Waals surface area contributed by atoms with Crippen molar-refractivity contribution >= 4 is 11.8 Å². The maximum Gasteiger partial charge on any atom is 0.331 e. The first-order valence-electron chi connectivity index (χ1n) is 5.00. The molecule has 1 unspecified atom stereocenters. The average Bonchev–Trinajstić information content (AvgIpc) is 2.11. The number of nitrogens with one attached hydrogen (secondary N) is 1. The van der Waals surface area contributed by atoms with Crippen LogP contribution in [-0.2, 0) is 9.59 Å². The summed E-state index contributed by atoms with van der Waals surface area (Å²) in [6.45, 7) is 5.60. The van der Waals surface area contributed by atoms with E-state index in [-0.39, 0.29) is 12.2 Å². The molecule has 0 fully saturated rings. The molecule has 0 aromatic rings. The minimum absolute atomic E-state index is 0.279. The lowest BCUT2D eigenvalue weighted by Crippen LogP contribution is -2.57. The van der Waals surface area contributed by atoms with Crippen LogP contribution >= 0.6 is 0 Å². The van der Waals surface area contributed by atoms with Crippen molar-refractivity contribution in [1.82, 2.24) is 5.32 Å². The zero-order valence-electron chi connectivity index (χ0n) is 9.09. The molecule has 0 aromatic carbocycles. The van der Waals surface area contributed by atoms with Crippen LogP contribution in [0.25, 0.3) is 0 Å². The second-order valence-electron chi connectivity index (χ2n) is 3.40. The van der Waals surface area contributed by atoms with Crippen molar-refractivity contribution in [2.24, 2.45) is 0 Å². The standard InChI is InChI=1S/C10H19NO3/c1-4-6-7-11-10(5-2,8(3)12)9(13)14/h11H,4-7H2,1-3H3,(H,13,14). The van der Waals surface area contributed by atoms with Crippen LogP contribution in [0.5, 0.6) is 0 Å². The van der Waals surface area contributed by atoms with Crippen molar-refractivity contribution in [2.75, 3.05) is 6.54 Å². The van der Waals surface area contributed by atoms with E-state index in [1.54, 1.807) is 6.92 Å². The Kier molecular flexibility index (Phi) is 5.38. The normalized spacial score (nSPS) is 14.8. The van der Waals surface area contributed by atoms with E-state index in [0.29, 0.717) is 6.54 Å². The van der Waals surface area contributed by atoms with Crippen LogP contribution in [0.3, 0.4) is 0 Å². The van der Waals surface area contributed by atoms with Crippen molar-refractivity contribution in [3.63, 3.8) is 0 Å². The highest BCUT2D eigenvalue weighted by atomic mass is 16.4. The maximum absolute atomic E-state index is 11.3. The smallest absolute Gasteiger partial charge is 0.331 e. The number of carboxylic acid groups (broad SMARTS) is 1. The van der Waals surface area contributed by atoms with Crippen molar-refractivity contribution in [3.05, 3.63) is 0 Å². The zero-order valence-corrected chi connectivity index (χ0v) is 9.09. The Hall–Kier alpha value is -0.900. The number of hydrogen-bond acceptors (Lipinski definition) is 3. The fourth-order valence-corrected chi connectivity index (χ4v) is 1.35. The van der Waals surface area contributed by atoms with Crippen LogP contribution < -0.4 is 5.32 Å². The molecule has 0 heterocycles. The molecule has 4 nitrogen and oxygen atoms in total. The Morgan fingerprint density at radius 3 is 2.21 bits per heavy atom. The lowest BCUT2D eigenvalue weighted by Gasteiger charge is -2.26. The van der Waals surface area contributed by atoms with E-state index in [9.17, 15) is 9.59 Å². The summed E-state index contributed by atoms with van der Waals surface area (Å²) in [7, 11) is 0. The van der Waals surface area contributed by atoms with Crippen LogP contribution in [0.15, 0.2) is 0 Å². The molecule has 82 valence electrons. The van der Waals surface area contributed by atoms with Gasteiger partial charge in [-0.15, -0.1) is 0 Å². The Balaban J connectivity index is 4.52.